The molecule has 0 aromatic heterocycles. The number of primary sulfonamides is 1. The first-order valence-electron chi connectivity index (χ1n) is 9.13. The quantitative estimate of drug-likeness (QED) is 0.524. The van der Waals surface area contributed by atoms with Gasteiger partial charge < -0.3 is 25.0 Å². The second kappa shape index (κ2) is 11.6. The summed E-state index contributed by atoms with van der Waals surface area (Å²) >= 11 is 0. The number of sulfonamides is 1. The van der Waals surface area contributed by atoms with E-state index in [-0.39, 0.29) is 22.2 Å². The molecule has 1 atom stereocenters. The molecule has 8 nitrogen and oxygen atoms in total. The van der Waals surface area contributed by atoms with Crippen molar-refractivity contribution in [2.24, 2.45) is 5.14 Å². The van der Waals surface area contributed by atoms with Crippen molar-refractivity contribution in [2.75, 3.05) is 26.9 Å². The summed E-state index contributed by atoms with van der Waals surface area (Å²) in [5.41, 5.74) is 0.854. The molecule has 5 N–H and O–H groups in total. The molecule has 9 heteroatoms. The average Bonchev–Trinajstić information content (AvgIpc) is 2.66. The van der Waals surface area contributed by atoms with Crippen molar-refractivity contribution in [1.82, 2.24) is 5.32 Å². The van der Waals surface area contributed by atoms with Crippen LogP contribution >= 0.6 is 0 Å². The third-order valence-corrected chi connectivity index (χ3v) is 5.01. The number of hydrogen-bond acceptors (Lipinski definition) is 6. The molecule has 0 heterocycles. The van der Waals surface area contributed by atoms with Crippen molar-refractivity contribution < 1.29 is 28.1 Å². The van der Waals surface area contributed by atoms with Crippen LogP contribution in [0.5, 0.6) is 17.2 Å². The van der Waals surface area contributed by atoms with Gasteiger partial charge in [-0.25, -0.2) is 13.6 Å². The van der Waals surface area contributed by atoms with Gasteiger partial charge in [-0.2, -0.15) is 0 Å². The summed E-state index contributed by atoms with van der Waals surface area (Å²) in [5.74, 6) is 1.69. The van der Waals surface area contributed by atoms with Crippen LogP contribution in [-0.4, -0.2) is 46.8 Å². The van der Waals surface area contributed by atoms with Gasteiger partial charge in [0.2, 0.25) is 10.0 Å². The van der Waals surface area contributed by atoms with Gasteiger partial charge in [-0.05, 0) is 50.1 Å². The van der Waals surface area contributed by atoms with Crippen molar-refractivity contribution in [2.45, 2.75) is 31.2 Å². The minimum Gasteiger partial charge on any atom is -0.495 e. The lowest BCUT2D eigenvalue weighted by Crippen LogP contribution is -2.32. The summed E-state index contributed by atoms with van der Waals surface area (Å²) < 4.78 is 39.9. The highest BCUT2D eigenvalue weighted by molar-refractivity contribution is 7.89. The van der Waals surface area contributed by atoms with Crippen LogP contribution in [0.3, 0.4) is 0 Å². The summed E-state index contributed by atoms with van der Waals surface area (Å²) in [4.78, 5) is -0.00411. The highest BCUT2D eigenvalue weighted by Crippen LogP contribution is 2.26. The lowest BCUT2D eigenvalue weighted by molar-refractivity contribution is 0.272. The van der Waals surface area contributed by atoms with E-state index >= 15 is 0 Å². The first-order chi connectivity index (χ1) is 13.3. The molecule has 0 aliphatic rings. The Balaban J connectivity index is 0.00000420. The molecule has 0 bridgehead atoms. The van der Waals surface area contributed by atoms with Crippen LogP contribution in [0.2, 0.25) is 0 Å². The van der Waals surface area contributed by atoms with Crippen molar-refractivity contribution in [3.05, 3.63) is 48.0 Å². The molecule has 2 aromatic carbocycles. The summed E-state index contributed by atoms with van der Waals surface area (Å²) in [5, 5.41) is 8.63. The van der Waals surface area contributed by atoms with Gasteiger partial charge in [0.25, 0.3) is 0 Å². The molecule has 29 heavy (non-hydrogen) atoms. The second-order valence-electron chi connectivity index (χ2n) is 6.32. The standard InChI is InChI=1S/C20H28N2O5S.H2O/c1-4-26-17-7-5-6-8-18(17)27-12-11-22-15(2)13-16-9-10-19(25-3)20(14-16)28(21,23)24;/h5-10,14-15,22H,4,11-13H2,1-3H3,(H2,21,23,24);1H2/t15-;/m1./s1. The minimum absolute atomic E-state index is 0. The Morgan fingerprint density at radius 1 is 1.07 bits per heavy atom. The van der Waals surface area contributed by atoms with E-state index in [0.717, 1.165) is 11.3 Å². The Hall–Kier alpha value is -2.33. The third-order valence-electron chi connectivity index (χ3n) is 4.08. The van der Waals surface area contributed by atoms with Crippen LogP contribution in [0, 0.1) is 0 Å². The number of hydrogen-bond donors (Lipinski definition) is 2. The molecule has 2 rings (SSSR count). The largest absolute Gasteiger partial charge is 0.495 e. The second-order valence-corrected chi connectivity index (χ2v) is 7.85. The van der Waals surface area contributed by atoms with Gasteiger partial charge in [0.1, 0.15) is 17.3 Å². The number of nitrogens with one attached hydrogen (secondary N) is 1. The molecule has 0 aliphatic carbocycles. The molecular weight excluding hydrogens is 396 g/mol. The molecule has 162 valence electrons. The van der Waals surface area contributed by atoms with Gasteiger partial charge in [0, 0.05) is 12.6 Å². The van der Waals surface area contributed by atoms with Crippen molar-refractivity contribution >= 4 is 10.0 Å². The SMILES string of the molecule is CCOc1ccccc1OCCN[C@H](C)Cc1ccc(OC)c(S(N)(=O)=O)c1.O. The highest BCUT2D eigenvalue weighted by atomic mass is 32.2. The minimum atomic E-state index is -3.84. The molecule has 0 spiro atoms. The fourth-order valence-corrected chi connectivity index (χ4v) is 3.55. The molecule has 0 saturated heterocycles. The number of ether oxygens (including phenoxy) is 3. The molecule has 0 amide bonds. The number of para-hydroxylation sites is 2. The summed E-state index contributed by atoms with van der Waals surface area (Å²) in [6.45, 7) is 5.66. The number of nitrogens with two attached hydrogens (primary N) is 1. The summed E-state index contributed by atoms with van der Waals surface area (Å²) in [6, 6.07) is 12.7. The maximum Gasteiger partial charge on any atom is 0.241 e. The van der Waals surface area contributed by atoms with Gasteiger partial charge in [-0.1, -0.05) is 18.2 Å². The number of methoxy groups -OCH3 is 1. The predicted octanol–water partition coefficient (Wildman–Crippen LogP) is 1.52. The van der Waals surface area contributed by atoms with E-state index in [4.69, 9.17) is 19.3 Å². The molecule has 0 unspecified atom stereocenters. The van der Waals surface area contributed by atoms with E-state index in [1.807, 2.05) is 44.2 Å². The van der Waals surface area contributed by atoms with Crippen LogP contribution < -0.4 is 24.7 Å². The molecule has 2 aromatic rings. The zero-order chi connectivity index (χ0) is 20.6. The van der Waals surface area contributed by atoms with E-state index in [9.17, 15) is 8.42 Å². The van der Waals surface area contributed by atoms with Gasteiger partial charge in [-0.15, -0.1) is 0 Å². The summed E-state index contributed by atoms with van der Waals surface area (Å²) in [7, 11) is -2.43. The maximum atomic E-state index is 11.7. The maximum absolute atomic E-state index is 11.7. The van der Waals surface area contributed by atoms with E-state index < -0.39 is 10.0 Å². The first kappa shape index (κ1) is 24.7. The average molecular weight is 427 g/mol. The van der Waals surface area contributed by atoms with Gasteiger partial charge in [-0.3, -0.25) is 0 Å². The summed E-state index contributed by atoms with van der Waals surface area (Å²) in [6.07, 6.45) is 0.641. The molecule has 0 aliphatic heterocycles. The number of rotatable bonds is 11. The Labute approximate surface area is 172 Å². The van der Waals surface area contributed by atoms with Crippen molar-refractivity contribution in [3.63, 3.8) is 0 Å². The zero-order valence-electron chi connectivity index (χ0n) is 17.0. The van der Waals surface area contributed by atoms with Crippen molar-refractivity contribution in [1.29, 1.82) is 0 Å². The Morgan fingerprint density at radius 3 is 2.31 bits per heavy atom. The third kappa shape index (κ3) is 7.54. The van der Waals surface area contributed by atoms with Crippen LogP contribution in [0.25, 0.3) is 0 Å². The van der Waals surface area contributed by atoms with Crippen LogP contribution in [0.4, 0.5) is 0 Å². The molecular formula is C20H30N2O6S. The number of benzene rings is 2. The van der Waals surface area contributed by atoms with Crippen LogP contribution in [0.1, 0.15) is 19.4 Å². The Kier molecular flexibility index (Phi) is 9.90. The lowest BCUT2D eigenvalue weighted by Gasteiger charge is -2.16. The van der Waals surface area contributed by atoms with Gasteiger partial charge >= 0.3 is 0 Å². The van der Waals surface area contributed by atoms with Crippen LogP contribution in [0.15, 0.2) is 47.4 Å². The molecule has 0 saturated carbocycles. The van der Waals surface area contributed by atoms with E-state index in [2.05, 4.69) is 5.32 Å². The van der Waals surface area contributed by atoms with E-state index in [1.165, 1.54) is 7.11 Å². The fourth-order valence-electron chi connectivity index (χ4n) is 2.81. The smallest absolute Gasteiger partial charge is 0.241 e. The van der Waals surface area contributed by atoms with Crippen molar-refractivity contribution in [3.8, 4) is 17.2 Å². The van der Waals surface area contributed by atoms with Crippen LogP contribution in [-0.2, 0) is 16.4 Å². The molecule has 0 radical (unpaired) electrons. The Morgan fingerprint density at radius 2 is 1.72 bits per heavy atom. The van der Waals surface area contributed by atoms with Gasteiger partial charge in [0.15, 0.2) is 11.5 Å². The Bertz CT molecular complexity index is 873. The highest BCUT2D eigenvalue weighted by Gasteiger charge is 2.16. The first-order valence-corrected chi connectivity index (χ1v) is 10.7. The molecule has 0 fully saturated rings. The normalized spacial score (nSPS) is 12.0. The lowest BCUT2D eigenvalue weighted by atomic mass is 10.1. The monoisotopic (exact) mass is 426 g/mol. The topological polar surface area (TPSA) is 131 Å². The van der Waals surface area contributed by atoms with E-state index in [0.29, 0.717) is 31.9 Å². The zero-order valence-corrected chi connectivity index (χ0v) is 17.8. The fraction of sp³-hybridized carbons (Fsp3) is 0.400. The van der Waals surface area contributed by atoms with E-state index in [1.54, 1.807) is 12.1 Å². The predicted molar refractivity (Wildman–Crippen MR) is 112 cm³/mol. The van der Waals surface area contributed by atoms with Gasteiger partial charge in [0.05, 0.1) is 13.7 Å².